The number of nitriles is 1. The van der Waals surface area contributed by atoms with Crippen LogP contribution in [0.3, 0.4) is 0 Å². The number of carbonyl (C=O) groups is 1. The Bertz CT molecular complexity index is 540. The van der Waals surface area contributed by atoms with Crippen LogP contribution < -0.4 is 0 Å². The van der Waals surface area contributed by atoms with E-state index in [1.165, 1.54) is 38.5 Å². The largest absolute Gasteiger partial charge is 0.296 e. The van der Waals surface area contributed by atoms with Crippen LogP contribution >= 0.6 is 0 Å². The minimum absolute atomic E-state index is 0.168. The quantitative estimate of drug-likeness (QED) is 0.798. The smallest absolute Gasteiger partial charge is 0.176 e. The standard InChI is InChI=1S/C18H22N2O/c19-13-15-3-5-16(6-4-15)17(21)14-20-11-9-18(10-12-20)7-1-2-8-18/h3-6H,1-2,7-12,14H2. The van der Waals surface area contributed by atoms with E-state index >= 15 is 0 Å². The van der Waals surface area contributed by atoms with Crippen molar-refractivity contribution in [1.82, 2.24) is 4.90 Å². The number of benzene rings is 1. The summed E-state index contributed by atoms with van der Waals surface area (Å²) in [5.74, 6) is 0.168. The maximum atomic E-state index is 12.3. The third kappa shape index (κ3) is 3.16. The summed E-state index contributed by atoms with van der Waals surface area (Å²) in [6.45, 7) is 2.63. The Kier molecular flexibility index (Phi) is 4.07. The van der Waals surface area contributed by atoms with Crippen molar-refractivity contribution in [2.45, 2.75) is 38.5 Å². The van der Waals surface area contributed by atoms with Crippen molar-refractivity contribution in [3.63, 3.8) is 0 Å². The first kappa shape index (κ1) is 14.3. The van der Waals surface area contributed by atoms with E-state index in [1.54, 1.807) is 24.3 Å². The molecule has 2 fully saturated rings. The summed E-state index contributed by atoms with van der Waals surface area (Å²) in [6, 6.07) is 9.05. The maximum absolute atomic E-state index is 12.3. The van der Waals surface area contributed by atoms with Crippen molar-refractivity contribution < 1.29 is 4.79 Å². The molecule has 1 saturated carbocycles. The van der Waals surface area contributed by atoms with Gasteiger partial charge in [0.1, 0.15) is 0 Å². The van der Waals surface area contributed by atoms with Gasteiger partial charge in [-0.25, -0.2) is 0 Å². The Morgan fingerprint density at radius 1 is 1.10 bits per heavy atom. The molecule has 1 aliphatic heterocycles. The van der Waals surface area contributed by atoms with Crippen molar-refractivity contribution in [2.75, 3.05) is 19.6 Å². The Hall–Kier alpha value is -1.66. The van der Waals surface area contributed by atoms with Crippen LogP contribution in [0.1, 0.15) is 54.4 Å². The SMILES string of the molecule is N#Cc1ccc(C(=O)CN2CCC3(CCCC3)CC2)cc1. The first-order valence-electron chi connectivity index (χ1n) is 7.97. The molecule has 3 rings (SSSR count). The van der Waals surface area contributed by atoms with Crippen molar-refractivity contribution >= 4 is 5.78 Å². The lowest BCUT2D eigenvalue weighted by Gasteiger charge is -2.39. The third-order valence-electron chi connectivity index (χ3n) is 5.28. The normalized spacial score (nSPS) is 21.3. The summed E-state index contributed by atoms with van der Waals surface area (Å²) in [6.07, 6.45) is 8.09. The number of nitrogens with zero attached hydrogens (tertiary/aromatic N) is 2. The second kappa shape index (κ2) is 5.99. The van der Waals surface area contributed by atoms with Gasteiger partial charge in [0.15, 0.2) is 5.78 Å². The molecule has 3 heteroatoms. The minimum atomic E-state index is 0.168. The maximum Gasteiger partial charge on any atom is 0.176 e. The number of rotatable bonds is 3. The molecule has 0 bridgehead atoms. The topological polar surface area (TPSA) is 44.1 Å². The van der Waals surface area contributed by atoms with Gasteiger partial charge in [0.25, 0.3) is 0 Å². The number of carbonyl (C=O) groups excluding carboxylic acids is 1. The van der Waals surface area contributed by atoms with Gasteiger partial charge in [-0.15, -0.1) is 0 Å². The molecule has 2 aliphatic rings. The number of ketones is 1. The Labute approximate surface area is 126 Å². The van der Waals surface area contributed by atoms with Gasteiger partial charge in [0.05, 0.1) is 18.2 Å². The molecule has 1 saturated heterocycles. The summed E-state index contributed by atoms with van der Waals surface area (Å²) < 4.78 is 0. The molecule has 1 aromatic rings. The summed E-state index contributed by atoms with van der Waals surface area (Å²) in [5, 5.41) is 8.79. The average Bonchev–Trinajstić information content (AvgIpc) is 2.98. The highest BCUT2D eigenvalue weighted by atomic mass is 16.1. The second-order valence-corrected chi connectivity index (χ2v) is 6.60. The van der Waals surface area contributed by atoms with Crippen molar-refractivity contribution in [3.8, 4) is 6.07 Å². The molecule has 0 aromatic heterocycles. The molecule has 0 amide bonds. The van der Waals surface area contributed by atoms with E-state index in [2.05, 4.69) is 11.0 Å². The van der Waals surface area contributed by atoms with Gasteiger partial charge in [-0.3, -0.25) is 9.69 Å². The molecule has 1 aromatic carbocycles. The van der Waals surface area contributed by atoms with Gasteiger partial charge in [-0.05, 0) is 56.3 Å². The zero-order valence-electron chi connectivity index (χ0n) is 12.5. The molecule has 21 heavy (non-hydrogen) atoms. The molecule has 3 nitrogen and oxygen atoms in total. The summed E-state index contributed by atoms with van der Waals surface area (Å²) >= 11 is 0. The van der Waals surface area contributed by atoms with Crippen LogP contribution in [0, 0.1) is 16.7 Å². The molecule has 1 aliphatic carbocycles. The van der Waals surface area contributed by atoms with Crippen LogP contribution in [0.25, 0.3) is 0 Å². The molecular formula is C18H22N2O. The van der Waals surface area contributed by atoms with Gasteiger partial charge in [0.2, 0.25) is 0 Å². The van der Waals surface area contributed by atoms with E-state index in [4.69, 9.17) is 5.26 Å². The Morgan fingerprint density at radius 3 is 2.29 bits per heavy atom. The zero-order valence-corrected chi connectivity index (χ0v) is 12.5. The summed E-state index contributed by atoms with van der Waals surface area (Å²) in [7, 11) is 0. The fourth-order valence-corrected chi connectivity index (χ4v) is 3.84. The van der Waals surface area contributed by atoms with Crippen LogP contribution in [0.15, 0.2) is 24.3 Å². The fraction of sp³-hybridized carbons (Fsp3) is 0.556. The lowest BCUT2D eigenvalue weighted by atomic mass is 9.77. The fourth-order valence-electron chi connectivity index (χ4n) is 3.84. The molecule has 0 radical (unpaired) electrons. The van der Waals surface area contributed by atoms with E-state index in [1.807, 2.05) is 0 Å². The van der Waals surface area contributed by atoms with Gasteiger partial charge < -0.3 is 0 Å². The van der Waals surface area contributed by atoms with E-state index in [9.17, 15) is 4.79 Å². The summed E-state index contributed by atoms with van der Waals surface area (Å²) in [4.78, 5) is 14.6. The lowest BCUT2D eigenvalue weighted by Crippen LogP contribution is -2.41. The molecule has 0 unspecified atom stereocenters. The van der Waals surface area contributed by atoms with E-state index in [0.29, 0.717) is 17.5 Å². The molecule has 110 valence electrons. The molecular weight excluding hydrogens is 260 g/mol. The second-order valence-electron chi connectivity index (χ2n) is 6.60. The highest BCUT2D eigenvalue weighted by molar-refractivity contribution is 5.97. The lowest BCUT2D eigenvalue weighted by molar-refractivity contribution is 0.0797. The molecule has 0 N–H and O–H groups in total. The predicted molar refractivity (Wildman–Crippen MR) is 82.1 cm³/mol. The van der Waals surface area contributed by atoms with E-state index in [-0.39, 0.29) is 5.78 Å². The molecule has 1 heterocycles. The monoisotopic (exact) mass is 282 g/mol. The highest BCUT2D eigenvalue weighted by Crippen LogP contribution is 2.46. The minimum Gasteiger partial charge on any atom is -0.296 e. The number of piperidine rings is 1. The number of likely N-dealkylation sites (tertiary alicyclic amines) is 1. The molecule has 0 atom stereocenters. The zero-order chi connectivity index (χ0) is 14.7. The van der Waals surface area contributed by atoms with E-state index < -0.39 is 0 Å². The first-order chi connectivity index (χ1) is 10.2. The van der Waals surface area contributed by atoms with Crippen molar-refractivity contribution in [3.05, 3.63) is 35.4 Å². The Morgan fingerprint density at radius 2 is 1.71 bits per heavy atom. The third-order valence-corrected chi connectivity index (χ3v) is 5.28. The number of Topliss-reactive ketones (excluding diaryl/α,β-unsaturated/α-hetero) is 1. The summed E-state index contributed by atoms with van der Waals surface area (Å²) in [5.41, 5.74) is 1.93. The van der Waals surface area contributed by atoms with Gasteiger partial charge in [0, 0.05) is 5.56 Å². The molecule has 1 spiro atoms. The van der Waals surface area contributed by atoms with Crippen LogP contribution in [0.2, 0.25) is 0 Å². The van der Waals surface area contributed by atoms with Gasteiger partial charge >= 0.3 is 0 Å². The van der Waals surface area contributed by atoms with Gasteiger partial charge in [-0.1, -0.05) is 25.0 Å². The van der Waals surface area contributed by atoms with Gasteiger partial charge in [-0.2, -0.15) is 5.26 Å². The predicted octanol–water partition coefficient (Wildman–Crippen LogP) is 3.40. The van der Waals surface area contributed by atoms with Crippen LogP contribution in [-0.4, -0.2) is 30.3 Å². The number of hydrogen-bond donors (Lipinski definition) is 0. The highest BCUT2D eigenvalue weighted by Gasteiger charge is 2.37. The first-order valence-corrected chi connectivity index (χ1v) is 7.97. The van der Waals surface area contributed by atoms with Crippen LogP contribution in [0.5, 0.6) is 0 Å². The Balaban J connectivity index is 1.55. The van der Waals surface area contributed by atoms with Crippen molar-refractivity contribution in [1.29, 1.82) is 5.26 Å². The average molecular weight is 282 g/mol. The van der Waals surface area contributed by atoms with E-state index in [0.717, 1.165) is 18.7 Å². The number of hydrogen-bond acceptors (Lipinski definition) is 3. The van der Waals surface area contributed by atoms with Crippen molar-refractivity contribution in [2.24, 2.45) is 5.41 Å². The van der Waals surface area contributed by atoms with Crippen LogP contribution in [-0.2, 0) is 0 Å². The van der Waals surface area contributed by atoms with Crippen LogP contribution in [0.4, 0.5) is 0 Å².